The number of carbonyl (C=O) groups is 1. The van der Waals surface area contributed by atoms with Gasteiger partial charge in [0.1, 0.15) is 11.6 Å². The summed E-state index contributed by atoms with van der Waals surface area (Å²) < 4.78 is 4.84. The van der Waals surface area contributed by atoms with E-state index in [2.05, 4.69) is 34.0 Å². The van der Waals surface area contributed by atoms with E-state index in [1.807, 2.05) is 24.3 Å². The van der Waals surface area contributed by atoms with Crippen molar-refractivity contribution in [1.82, 2.24) is 19.9 Å². The fourth-order valence-corrected chi connectivity index (χ4v) is 3.92. The number of methoxy groups -OCH3 is 1. The molecule has 1 aliphatic heterocycles. The second-order valence-corrected chi connectivity index (χ2v) is 7.65. The number of hydrogen-bond acceptors (Lipinski definition) is 6. The second-order valence-electron chi connectivity index (χ2n) is 7.65. The number of aromatic amines is 1. The molecule has 1 fully saturated rings. The van der Waals surface area contributed by atoms with Crippen LogP contribution in [0.5, 0.6) is 0 Å². The minimum Gasteiger partial charge on any atom is -0.465 e. The molecule has 0 bridgehead atoms. The van der Waals surface area contributed by atoms with Gasteiger partial charge in [-0.2, -0.15) is 0 Å². The standard InChI is InChI=1S/C23H23N5O2/c1-27-9-11-28(12-10-27)22-17(13-15-5-3-4-6-18(15)26-22)21-24-19-8-7-16(23(29)30-2)14-20(19)25-21/h3-8,13-14H,9-12H2,1-2H3,(H,24,25). The van der Waals surface area contributed by atoms with Crippen LogP contribution in [0.15, 0.2) is 48.5 Å². The largest absolute Gasteiger partial charge is 0.465 e. The lowest BCUT2D eigenvalue weighted by molar-refractivity contribution is 0.0601. The van der Waals surface area contributed by atoms with Crippen molar-refractivity contribution in [1.29, 1.82) is 0 Å². The number of H-pyrrole nitrogens is 1. The molecule has 3 heterocycles. The summed E-state index contributed by atoms with van der Waals surface area (Å²) in [7, 11) is 3.53. The van der Waals surface area contributed by atoms with E-state index in [-0.39, 0.29) is 5.97 Å². The highest BCUT2D eigenvalue weighted by Crippen LogP contribution is 2.32. The van der Waals surface area contributed by atoms with E-state index < -0.39 is 0 Å². The highest BCUT2D eigenvalue weighted by molar-refractivity contribution is 5.95. The molecule has 5 rings (SSSR count). The molecule has 1 N–H and O–H groups in total. The lowest BCUT2D eigenvalue weighted by Gasteiger charge is -2.34. The molecule has 1 aliphatic rings. The third-order valence-corrected chi connectivity index (χ3v) is 5.66. The fraction of sp³-hybridized carbons (Fsp3) is 0.261. The van der Waals surface area contributed by atoms with Gasteiger partial charge in [0.15, 0.2) is 0 Å². The average Bonchev–Trinajstić information content (AvgIpc) is 3.21. The van der Waals surface area contributed by atoms with E-state index in [1.54, 1.807) is 12.1 Å². The zero-order valence-corrected chi connectivity index (χ0v) is 17.1. The van der Waals surface area contributed by atoms with Gasteiger partial charge in [0, 0.05) is 31.6 Å². The first-order valence-electron chi connectivity index (χ1n) is 10.0. The lowest BCUT2D eigenvalue weighted by Crippen LogP contribution is -2.45. The summed E-state index contributed by atoms with van der Waals surface area (Å²) in [5.41, 5.74) is 4.03. The summed E-state index contributed by atoms with van der Waals surface area (Å²) in [4.78, 5) is 29.7. The van der Waals surface area contributed by atoms with Crippen molar-refractivity contribution in [3.8, 4) is 11.4 Å². The first-order chi connectivity index (χ1) is 14.6. The van der Waals surface area contributed by atoms with Crippen LogP contribution in [0.4, 0.5) is 5.82 Å². The Kier molecular flexibility index (Phi) is 4.59. The Labute approximate surface area is 174 Å². The molecule has 7 nitrogen and oxygen atoms in total. The number of piperazine rings is 1. The average molecular weight is 401 g/mol. The minimum absolute atomic E-state index is 0.362. The van der Waals surface area contributed by atoms with Crippen molar-refractivity contribution >= 4 is 33.7 Å². The number of anilines is 1. The molecule has 152 valence electrons. The summed E-state index contributed by atoms with van der Waals surface area (Å²) in [5.74, 6) is 1.33. The summed E-state index contributed by atoms with van der Waals surface area (Å²) in [6.07, 6.45) is 0. The van der Waals surface area contributed by atoms with Crippen LogP contribution in [0.25, 0.3) is 33.3 Å². The van der Waals surface area contributed by atoms with Gasteiger partial charge in [-0.1, -0.05) is 18.2 Å². The van der Waals surface area contributed by atoms with E-state index in [0.717, 1.165) is 65.3 Å². The Morgan fingerprint density at radius 1 is 1.00 bits per heavy atom. The number of para-hydroxylation sites is 1. The molecule has 4 aromatic rings. The van der Waals surface area contributed by atoms with Crippen LogP contribution in [0.1, 0.15) is 10.4 Å². The topological polar surface area (TPSA) is 74.3 Å². The van der Waals surface area contributed by atoms with Crippen molar-refractivity contribution in [3.05, 3.63) is 54.1 Å². The minimum atomic E-state index is -0.362. The van der Waals surface area contributed by atoms with Gasteiger partial charge in [-0.3, -0.25) is 0 Å². The molecule has 0 amide bonds. The predicted molar refractivity (Wildman–Crippen MR) is 118 cm³/mol. The number of pyridine rings is 1. The maximum atomic E-state index is 11.9. The maximum absolute atomic E-state index is 11.9. The normalized spacial score (nSPS) is 15.1. The summed E-state index contributed by atoms with van der Waals surface area (Å²) >= 11 is 0. The predicted octanol–water partition coefficient (Wildman–Crippen LogP) is 3.32. The number of rotatable bonds is 3. The molecule has 2 aromatic heterocycles. The van der Waals surface area contributed by atoms with Crippen LogP contribution >= 0.6 is 0 Å². The van der Waals surface area contributed by atoms with Gasteiger partial charge in [0.25, 0.3) is 0 Å². The van der Waals surface area contributed by atoms with Gasteiger partial charge in [-0.05, 0) is 37.4 Å². The fourth-order valence-electron chi connectivity index (χ4n) is 3.92. The highest BCUT2D eigenvalue weighted by atomic mass is 16.5. The van der Waals surface area contributed by atoms with Gasteiger partial charge in [-0.15, -0.1) is 0 Å². The summed E-state index contributed by atoms with van der Waals surface area (Å²) in [6, 6.07) is 15.6. The lowest BCUT2D eigenvalue weighted by atomic mass is 10.1. The summed E-state index contributed by atoms with van der Waals surface area (Å²) in [6.45, 7) is 3.83. The van der Waals surface area contributed by atoms with Gasteiger partial charge in [0.05, 0.1) is 34.8 Å². The van der Waals surface area contributed by atoms with Crippen LogP contribution in [0.3, 0.4) is 0 Å². The Bertz CT molecular complexity index is 1240. The van der Waals surface area contributed by atoms with Crippen molar-refractivity contribution in [3.63, 3.8) is 0 Å². The van der Waals surface area contributed by atoms with Crippen LogP contribution in [0, 0.1) is 0 Å². The zero-order valence-electron chi connectivity index (χ0n) is 17.1. The smallest absolute Gasteiger partial charge is 0.337 e. The van der Waals surface area contributed by atoms with Gasteiger partial charge in [0.2, 0.25) is 0 Å². The third-order valence-electron chi connectivity index (χ3n) is 5.66. The van der Waals surface area contributed by atoms with E-state index in [9.17, 15) is 4.79 Å². The molecule has 2 aromatic carbocycles. The molecular formula is C23H23N5O2. The van der Waals surface area contributed by atoms with Crippen molar-refractivity contribution in [2.24, 2.45) is 0 Å². The van der Waals surface area contributed by atoms with Gasteiger partial charge < -0.3 is 19.5 Å². The van der Waals surface area contributed by atoms with E-state index in [1.165, 1.54) is 7.11 Å². The molecule has 0 spiro atoms. The van der Waals surface area contributed by atoms with E-state index in [4.69, 9.17) is 14.7 Å². The number of aromatic nitrogens is 3. The van der Waals surface area contributed by atoms with Gasteiger partial charge >= 0.3 is 5.97 Å². The maximum Gasteiger partial charge on any atom is 0.337 e. The number of fused-ring (bicyclic) bond motifs is 2. The second kappa shape index (κ2) is 7.42. The quantitative estimate of drug-likeness (QED) is 0.531. The number of likely N-dealkylation sites (N-methyl/N-ethyl adjacent to an activating group) is 1. The Morgan fingerprint density at radius 3 is 2.60 bits per heavy atom. The van der Waals surface area contributed by atoms with Crippen molar-refractivity contribution in [2.45, 2.75) is 0 Å². The number of imidazole rings is 1. The molecule has 1 saturated heterocycles. The molecular weight excluding hydrogens is 378 g/mol. The number of ether oxygens (including phenoxy) is 1. The van der Waals surface area contributed by atoms with Crippen LogP contribution in [-0.2, 0) is 4.74 Å². The Hall–Kier alpha value is -3.45. The molecule has 0 saturated carbocycles. The van der Waals surface area contributed by atoms with Crippen molar-refractivity contribution < 1.29 is 9.53 Å². The van der Waals surface area contributed by atoms with Crippen LogP contribution in [0.2, 0.25) is 0 Å². The Balaban J connectivity index is 1.65. The molecule has 7 heteroatoms. The van der Waals surface area contributed by atoms with Gasteiger partial charge in [-0.25, -0.2) is 14.8 Å². The number of nitrogens with zero attached hydrogens (tertiary/aromatic N) is 4. The third kappa shape index (κ3) is 3.27. The Morgan fingerprint density at radius 2 is 1.80 bits per heavy atom. The van der Waals surface area contributed by atoms with E-state index in [0.29, 0.717) is 5.56 Å². The molecule has 0 radical (unpaired) electrons. The highest BCUT2D eigenvalue weighted by Gasteiger charge is 2.22. The molecule has 30 heavy (non-hydrogen) atoms. The molecule has 0 atom stereocenters. The van der Waals surface area contributed by atoms with E-state index >= 15 is 0 Å². The number of hydrogen-bond donors (Lipinski definition) is 1. The first-order valence-corrected chi connectivity index (χ1v) is 10.0. The number of esters is 1. The molecule has 0 unspecified atom stereocenters. The number of nitrogens with one attached hydrogen (secondary N) is 1. The monoisotopic (exact) mass is 401 g/mol. The first kappa shape index (κ1) is 18.6. The number of carbonyl (C=O) groups excluding carboxylic acids is 1. The zero-order chi connectivity index (χ0) is 20.7. The van der Waals surface area contributed by atoms with Crippen LogP contribution in [-0.4, -0.2) is 66.2 Å². The SMILES string of the molecule is COC(=O)c1ccc2nc(-c3cc4ccccc4nc3N3CCN(C)CC3)[nH]c2c1. The summed E-state index contributed by atoms with van der Waals surface area (Å²) in [5, 5.41) is 1.07. The van der Waals surface area contributed by atoms with Crippen LogP contribution < -0.4 is 4.90 Å². The number of benzene rings is 2. The van der Waals surface area contributed by atoms with Crippen molar-refractivity contribution in [2.75, 3.05) is 45.2 Å². The molecule has 0 aliphatic carbocycles.